The second-order valence-electron chi connectivity index (χ2n) is 7.10. The van der Waals surface area contributed by atoms with Crippen molar-refractivity contribution in [3.05, 3.63) is 58.3 Å². The van der Waals surface area contributed by atoms with Crippen LogP contribution in [0, 0.1) is 0 Å². The molecule has 1 aliphatic rings. The van der Waals surface area contributed by atoms with E-state index in [0.29, 0.717) is 12.6 Å². The van der Waals surface area contributed by atoms with Crippen molar-refractivity contribution in [3.8, 4) is 0 Å². The maximum absolute atomic E-state index is 11.9. The van der Waals surface area contributed by atoms with Gasteiger partial charge in [0.05, 0.1) is 11.0 Å². The quantitative estimate of drug-likeness (QED) is 0.704. The van der Waals surface area contributed by atoms with Gasteiger partial charge in [-0.15, -0.1) is 0 Å². The zero-order valence-corrected chi connectivity index (χ0v) is 16.5. The molecule has 0 radical (unpaired) electrons. The zero-order chi connectivity index (χ0) is 20.3. The molecule has 1 aromatic carbocycles. The molecule has 3 aromatic rings. The van der Waals surface area contributed by atoms with E-state index >= 15 is 0 Å². The number of carboxylic acid groups (broad SMARTS) is 1. The van der Waals surface area contributed by atoms with E-state index in [9.17, 15) is 4.79 Å². The smallest absolute Gasteiger partial charge is 0.290 e. The fourth-order valence-electron chi connectivity index (χ4n) is 3.80. The van der Waals surface area contributed by atoms with E-state index in [0.717, 1.165) is 30.6 Å². The molecule has 1 N–H and O–H groups in total. The lowest BCUT2D eigenvalue weighted by atomic mass is 9.96. The Morgan fingerprint density at radius 1 is 1.25 bits per heavy atom. The third kappa shape index (κ3) is 3.65. The van der Waals surface area contributed by atoms with Gasteiger partial charge in [0.2, 0.25) is 0 Å². The predicted molar refractivity (Wildman–Crippen MR) is 110 cm³/mol. The van der Waals surface area contributed by atoms with Crippen molar-refractivity contribution < 1.29 is 9.90 Å². The summed E-state index contributed by atoms with van der Waals surface area (Å²) in [6.45, 7) is 2.67. The monoisotopic (exact) mass is 382 g/mol. The number of nitrogens with zero attached hydrogens (tertiary/aromatic N) is 4. The predicted octanol–water partition coefficient (Wildman–Crippen LogP) is 2.45. The summed E-state index contributed by atoms with van der Waals surface area (Å²) in [6.07, 6.45) is 4.82. The maximum Gasteiger partial charge on any atom is 0.290 e. The Morgan fingerprint density at radius 3 is 2.71 bits per heavy atom. The van der Waals surface area contributed by atoms with Crippen LogP contribution in [0.3, 0.4) is 0 Å². The van der Waals surface area contributed by atoms with Crippen LogP contribution in [0.15, 0.2) is 41.3 Å². The fraction of sp³-hybridized carbons (Fsp3) is 0.381. The summed E-state index contributed by atoms with van der Waals surface area (Å²) in [4.78, 5) is 27.6. The van der Waals surface area contributed by atoms with Gasteiger partial charge in [0.25, 0.3) is 12.0 Å². The molecule has 1 atom stereocenters. The number of pyridine rings is 1. The Bertz CT molecular complexity index is 1040. The highest BCUT2D eigenvalue weighted by Crippen LogP contribution is 2.34. The lowest BCUT2D eigenvalue weighted by Gasteiger charge is -2.33. The third-order valence-electron chi connectivity index (χ3n) is 5.55. The highest BCUT2D eigenvalue weighted by atomic mass is 16.3. The first-order valence-corrected chi connectivity index (χ1v) is 9.41. The van der Waals surface area contributed by atoms with E-state index in [-0.39, 0.29) is 12.0 Å². The van der Waals surface area contributed by atoms with E-state index < -0.39 is 0 Å². The molecule has 0 fully saturated rings. The third-order valence-corrected chi connectivity index (χ3v) is 5.55. The van der Waals surface area contributed by atoms with Crippen LogP contribution in [-0.4, -0.2) is 38.8 Å². The van der Waals surface area contributed by atoms with E-state index in [1.807, 2.05) is 12.3 Å². The first-order chi connectivity index (χ1) is 13.5. The van der Waals surface area contributed by atoms with Crippen LogP contribution in [0.1, 0.15) is 24.7 Å². The van der Waals surface area contributed by atoms with Crippen molar-refractivity contribution in [1.82, 2.24) is 14.1 Å². The van der Waals surface area contributed by atoms with Gasteiger partial charge < -0.3 is 19.1 Å². The Kier molecular flexibility index (Phi) is 5.82. The second kappa shape index (κ2) is 8.29. The van der Waals surface area contributed by atoms with Gasteiger partial charge in [-0.25, -0.2) is 4.98 Å². The summed E-state index contributed by atoms with van der Waals surface area (Å²) in [5.41, 5.74) is 4.99. The van der Waals surface area contributed by atoms with Crippen molar-refractivity contribution in [2.75, 3.05) is 11.9 Å². The molecule has 1 aliphatic heterocycles. The molecule has 28 heavy (non-hydrogen) atoms. The van der Waals surface area contributed by atoms with Crippen LogP contribution in [0.25, 0.3) is 11.0 Å². The highest BCUT2D eigenvalue weighted by Gasteiger charge is 2.23. The van der Waals surface area contributed by atoms with Crippen LogP contribution in [-0.2, 0) is 31.2 Å². The minimum Gasteiger partial charge on any atom is -0.483 e. The molecule has 0 saturated carbocycles. The molecular weight excluding hydrogens is 356 g/mol. The van der Waals surface area contributed by atoms with Crippen molar-refractivity contribution in [3.63, 3.8) is 0 Å². The number of benzene rings is 1. The van der Waals surface area contributed by atoms with Crippen LogP contribution in [0.4, 0.5) is 5.69 Å². The first kappa shape index (κ1) is 19.7. The van der Waals surface area contributed by atoms with E-state index in [1.165, 1.54) is 16.8 Å². The van der Waals surface area contributed by atoms with E-state index in [2.05, 4.69) is 42.6 Å². The lowest BCUT2D eigenvalue weighted by molar-refractivity contribution is -0.122. The first-order valence-electron chi connectivity index (χ1n) is 9.41. The van der Waals surface area contributed by atoms with Gasteiger partial charge in [-0.1, -0.05) is 6.07 Å². The number of carbonyl (C=O) groups is 1. The topological polar surface area (TPSA) is 80.4 Å². The average Bonchev–Trinajstić information content (AvgIpc) is 3.01. The molecule has 0 aliphatic carbocycles. The van der Waals surface area contributed by atoms with E-state index in [1.54, 1.807) is 16.7 Å². The second-order valence-corrected chi connectivity index (χ2v) is 7.10. The number of imidazole rings is 1. The minimum atomic E-state index is -0.250. The molecule has 0 bridgehead atoms. The van der Waals surface area contributed by atoms with Gasteiger partial charge >= 0.3 is 0 Å². The summed E-state index contributed by atoms with van der Waals surface area (Å²) >= 11 is 0. The molecule has 0 amide bonds. The van der Waals surface area contributed by atoms with Crippen LogP contribution in [0.2, 0.25) is 0 Å². The largest absolute Gasteiger partial charge is 0.483 e. The summed E-state index contributed by atoms with van der Waals surface area (Å²) in [6, 6.07) is 10.2. The van der Waals surface area contributed by atoms with Crippen LogP contribution >= 0.6 is 0 Å². The zero-order valence-electron chi connectivity index (χ0n) is 16.5. The van der Waals surface area contributed by atoms with Gasteiger partial charge in [0.1, 0.15) is 5.82 Å². The molecule has 3 heterocycles. The SMILES string of the molecule is CC1CCc2c(ccc3c2nc(CCn2ccccc2=O)n3C)N1C.O=CO. The van der Waals surface area contributed by atoms with Gasteiger partial charge in [-0.2, -0.15) is 0 Å². The van der Waals surface area contributed by atoms with Crippen LogP contribution in [0.5, 0.6) is 0 Å². The summed E-state index contributed by atoms with van der Waals surface area (Å²) < 4.78 is 3.91. The molecule has 148 valence electrons. The number of rotatable bonds is 3. The highest BCUT2D eigenvalue weighted by molar-refractivity contribution is 5.86. The van der Waals surface area contributed by atoms with Gasteiger partial charge in [0.15, 0.2) is 0 Å². The Balaban J connectivity index is 0.000000706. The van der Waals surface area contributed by atoms with Crippen molar-refractivity contribution >= 4 is 23.2 Å². The number of aromatic nitrogens is 3. The molecular formula is C21H26N4O3. The summed E-state index contributed by atoms with van der Waals surface area (Å²) in [5, 5.41) is 6.89. The Labute approximate surface area is 163 Å². The number of anilines is 1. The number of fused-ring (bicyclic) bond motifs is 3. The van der Waals surface area contributed by atoms with Crippen molar-refractivity contribution in [1.29, 1.82) is 0 Å². The van der Waals surface area contributed by atoms with Crippen molar-refractivity contribution in [2.24, 2.45) is 7.05 Å². The molecule has 7 nitrogen and oxygen atoms in total. The summed E-state index contributed by atoms with van der Waals surface area (Å²) in [7, 11) is 4.24. The van der Waals surface area contributed by atoms with Crippen molar-refractivity contribution in [2.45, 2.75) is 38.8 Å². The fourth-order valence-corrected chi connectivity index (χ4v) is 3.80. The molecule has 2 aromatic heterocycles. The standard InChI is InChI=1S/C20H24N4O.CH2O2/c1-14-7-8-15-16(22(14)2)9-10-17-20(15)21-18(23(17)3)11-13-24-12-5-4-6-19(24)25;2-1-3/h4-6,9-10,12,14H,7-8,11,13H2,1-3H3;1H,(H,2,3). The Hall–Kier alpha value is -3.09. The molecule has 0 saturated heterocycles. The molecule has 7 heteroatoms. The van der Waals surface area contributed by atoms with Crippen LogP contribution < -0.4 is 10.5 Å². The number of hydrogen-bond acceptors (Lipinski definition) is 4. The average molecular weight is 382 g/mol. The minimum absolute atomic E-state index is 0.0363. The lowest BCUT2D eigenvalue weighted by Crippen LogP contribution is -2.33. The summed E-state index contributed by atoms with van der Waals surface area (Å²) in [5.74, 6) is 1.03. The normalized spacial score (nSPS) is 15.7. The maximum atomic E-state index is 11.9. The van der Waals surface area contributed by atoms with Gasteiger partial charge in [0, 0.05) is 56.6 Å². The Morgan fingerprint density at radius 2 is 2.00 bits per heavy atom. The number of aryl methyl sites for hydroxylation is 4. The molecule has 1 unspecified atom stereocenters. The number of hydrogen-bond donors (Lipinski definition) is 1. The molecule has 0 spiro atoms. The van der Waals surface area contributed by atoms with E-state index in [4.69, 9.17) is 14.9 Å². The molecule has 4 rings (SSSR count). The van der Waals surface area contributed by atoms with Gasteiger partial charge in [-0.05, 0) is 38.0 Å². The van der Waals surface area contributed by atoms with Gasteiger partial charge in [-0.3, -0.25) is 9.59 Å².